The molecule has 0 aliphatic rings. The van der Waals surface area contributed by atoms with Crippen LogP contribution in [0.2, 0.25) is 0 Å². The third kappa shape index (κ3) is 2.67. The molecule has 3 rings (SSSR count). The Morgan fingerprint density at radius 3 is 2.90 bits per heavy atom. The average molecular weight is 276 g/mol. The number of aromatic amines is 1. The van der Waals surface area contributed by atoms with Crippen molar-refractivity contribution >= 4 is 22.3 Å². The Labute approximate surface area is 123 Å². The second kappa shape index (κ2) is 5.59. The normalized spacial score (nSPS) is 10.4. The molecule has 4 N–H and O–H groups in total. The molecule has 1 heterocycles. The number of aromatic nitrogens is 1. The van der Waals surface area contributed by atoms with E-state index >= 15 is 0 Å². The fourth-order valence-corrected chi connectivity index (χ4v) is 2.48. The molecular weight excluding hydrogens is 260 g/mol. The number of anilines is 2. The maximum Gasteiger partial charge on any atom is 0.101 e. The van der Waals surface area contributed by atoms with E-state index in [0.29, 0.717) is 11.3 Å². The number of nitrogens with two attached hydrogens (primary N) is 1. The zero-order chi connectivity index (χ0) is 14.7. The maximum atomic E-state index is 9.12. The summed E-state index contributed by atoms with van der Waals surface area (Å²) in [6.07, 6.45) is 2.93. The summed E-state index contributed by atoms with van der Waals surface area (Å²) in [5, 5.41) is 13.7. The molecule has 0 aliphatic heterocycles. The molecule has 0 saturated carbocycles. The second-order valence-electron chi connectivity index (χ2n) is 4.95. The number of nitriles is 1. The van der Waals surface area contributed by atoms with Gasteiger partial charge in [0.2, 0.25) is 0 Å². The van der Waals surface area contributed by atoms with Crippen LogP contribution in [-0.4, -0.2) is 11.5 Å². The number of hydrogen-bond donors (Lipinski definition) is 3. The van der Waals surface area contributed by atoms with Gasteiger partial charge in [-0.25, -0.2) is 0 Å². The van der Waals surface area contributed by atoms with E-state index in [2.05, 4.69) is 28.5 Å². The lowest BCUT2D eigenvalue weighted by Gasteiger charge is -2.08. The van der Waals surface area contributed by atoms with E-state index < -0.39 is 0 Å². The predicted octanol–water partition coefficient (Wildman–Crippen LogP) is 3.28. The lowest BCUT2D eigenvalue weighted by molar-refractivity contribution is 1.03. The van der Waals surface area contributed by atoms with Gasteiger partial charge in [0, 0.05) is 29.3 Å². The fourth-order valence-electron chi connectivity index (χ4n) is 2.48. The highest BCUT2D eigenvalue weighted by Crippen LogP contribution is 2.20. The predicted molar refractivity (Wildman–Crippen MR) is 86.1 cm³/mol. The van der Waals surface area contributed by atoms with Crippen molar-refractivity contribution < 1.29 is 0 Å². The van der Waals surface area contributed by atoms with Crippen LogP contribution in [0.15, 0.2) is 48.7 Å². The van der Waals surface area contributed by atoms with Crippen molar-refractivity contribution in [1.29, 1.82) is 5.26 Å². The van der Waals surface area contributed by atoms with Crippen molar-refractivity contribution in [1.82, 2.24) is 4.98 Å². The van der Waals surface area contributed by atoms with E-state index in [1.54, 1.807) is 12.1 Å². The monoisotopic (exact) mass is 276 g/mol. The maximum absolute atomic E-state index is 9.12. The summed E-state index contributed by atoms with van der Waals surface area (Å²) < 4.78 is 0. The smallest absolute Gasteiger partial charge is 0.101 e. The van der Waals surface area contributed by atoms with E-state index in [0.717, 1.165) is 24.2 Å². The lowest BCUT2D eigenvalue weighted by Crippen LogP contribution is -2.06. The summed E-state index contributed by atoms with van der Waals surface area (Å²) in [5.41, 5.74) is 10.1. The van der Waals surface area contributed by atoms with Gasteiger partial charge in [0.1, 0.15) is 6.07 Å². The summed E-state index contributed by atoms with van der Waals surface area (Å²) in [6, 6.07) is 15.8. The molecule has 4 nitrogen and oxygen atoms in total. The molecule has 0 spiro atoms. The van der Waals surface area contributed by atoms with E-state index in [-0.39, 0.29) is 0 Å². The van der Waals surface area contributed by atoms with Crippen LogP contribution in [0.5, 0.6) is 0 Å². The van der Waals surface area contributed by atoms with Gasteiger partial charge in [0.05, 0.1) is 11.3 Å². The van der Waals surface area contributed by atoms with Crippen LogP contribution < -0.4 is 11.1 Å². The van der Waals surface area contributed by atoms with Crippen LogP contribution in [0.4, 0.5) is 11.4 Å². The van der Waals surface area contributed by atoms with Crippen molar-refractivity contribution in [2.24, 2.45) is 0 Å². The van der Waals surface area contributed by atoms with Gasteiger partial charge in [0.15, 0.2) is 0 Å². The van der Waals surface area contributed by atoms with E-state index in [9.17, 15) is 0 Å². The second-order valence-corrected chi connectivity index (χ2v) is 4.95. The zero-order valence-electron chi connectivity index (χ0n) is 11.6. The summed E-state index contributed by atoms with van der Waals surface area (Å²) in [4.78, 5) is 3.27. The fraction of sp³-hybridized carbons (Fsp3) is 0.118. The molecule has 0 bridgehead atoms. The summed E-state index contributed by atoms with van der Waals surface area (Å²) >= 11 is 0. The Bertz CT molecular complexity index is 811. The van der Waals surface area contributed by atoms with Crippen molar-refractivity contribution in [3.05, 3.63) is 59.8 Å². The molecule has 2 aromatic carbocycles. The quantitative estimate of drug-likeness (QED) is 0.640. The number of nitrogens with zero attached hydrogens (tertiary/aromatic N) is 1. The number of hydrogen-bond acceptors (Lipinski definition) is 3. The van der Waals surface area contributed by atoms with Gasteiger partial charge in [-0.3, -0.25) is 0 Å². The Kier molecular flexibility index (Phi) is 3.48. The molecule has 104 valence electrons. The first-order valence-electron chi connectivity index (χ1n) is 6.86. The first-order chi connectivity index (χ1) is 10.3. The topological polar surface area (TPSA) is 77.6 Å². The van der Waals surface area contributed by atoms with Crippen molar-refractivity contribution in [2.75, 3.05) is 17.6 Å². The number of fused-ring (bicyclic) bond motifs is 1. The van der Waals surface area contributed by atoms with Crippen molar-refractivity contribution in [2.45, 2.75) is 6.42 Å². The number of H-pyrrole nitrogens is 1. The lowest BCUT2D eigenvalue weighted by atomic mass is 10.1. The third-order valence-corrected chi connectivity index (χ3v) is 3.55. The number of nitrogen functional groups attached to an aromatic ring is 1. The zero-order valence-corrected chi connectivity index (χ0v) is 11.6. The summed E-state index contributed by atoms with van der Waals surface area (Å²) in [5.74, 6) is 0. The Hall–Kier alpha value is -2.93. The highest BCUT2D eigenvalue weighted by Gasteiger charge is 2.04. The van der Waals surface area contributed by atoms with Crippen LogP contribution in [0.25, 0.3) is 10.9 Å². The van der Waals surface area contributed by atoms with E-state index in [4.69, 9.17) is 11.0 Å². The average Bonchev–Trinajstić information content (AvgIpc) is 2.92. The third-order valence-electron chi connectivity index (χ3n) is 3.55. The van der Waals surface area contributed by atoms with Gasteiger partial charge >= 0.3 is 0 Å². The van der Waals surface area contributed by atoms with Crippen molar-refractivity contribution in [3.8, 4) is 6.07 Å². The Morgan fingerprint density at radius 1 is 1.19 bits per heavy atom. The van der Waals surface area contributed by atoms with E-state index in [1.165, 1.54) is 10.9 Å². The molecule has 0 fully saturated rings. The number of para-hydroxylation sites is 1. The van der Waals surface area contributed by atoms with Gasteiger partial charge < -0.3 is 16.0 Å². The van der Waals surface area contributed by atoms with Gasteiger partial charge in [-0.2, -0.15) is 5.26 Å². The van der Waals surface area contributed by atoms with Crippen LogP contribution in [-0.2, 0) is 6.42 Å². The summed E-state index contributed by atoms with van der Waals surface area (Å²) in [7, 11) is 0. The van der Waals surface area contributed by atoms with Gasteiger partial charge in [0.25, 0.3) is 0 Å². The van der Waals surface area contributed by atoms with Gasteiger partial charge in [-0.15, -0.1) is 0 Å². The first kappa shape index (κ1) is 13.1. The number of benzene rings is 2. The minimum atomic E-state index is 0.578. The van der Waals surface area contributed by atoms with E-state index in [1.807, 2.05) is 24.4 Å². The minimum absolute atomic E-state index is 0.578. The molecule has 3 aromatic rings. The van der Waals surface area contributed by atoms with Crippen LogP contribution in [0.1, 0.15) is 11.1 Å². The SMILES string of the molecule is N#Cc1cc(N)ccc1NCCc1c[nH]c2ccccc12. The van der Waals surface area contributed by atoms with Gasteiger partial charge in [-0.1, -0.05) is 18.2 Å². The molecule has 0 aliphatic carbocycles. The molecule has 4 heteroatoms. The van der Waals surface area contributed by atoms with Crippen molar-refractivity contribution in [3.63, 3.8) is 0 Å². The summed E-state index contributed by atoms with van der Waals surface area (Å²) in [6.45, 7) is 0.764. The Morgan fingerprint density at radius 2 is 2.05 bits per heavy atom. The standard InChI is InChI=1S/C17H16N4/c18-10-13-9-14(19)5-6-16(13)20-8-7-12-11-21-17-4-2-1-3-15(12)17/h1-6,9,11,20-21H,7-8,19H2. The number of nitrogens with one attached hydrogen (secondary N) is 2. The molecule has 0 atom stereocenters. The van der Waals surface area contributed by atoms with Gasteiger partial charge in [-0.05, 0) is 36.2 Å². The minimum Gasteiger partial charge on any atom is -0.399 e. The first-order valence-corrected chi connectivity index (χ1v) is 6.86. The molecule has 0 radical (unpaired) electrons. The molecule has 0 saturated heterocycles. The molecule has 21 heavy (non-hydrogen) atoms. The highest BCUT2D eigenvalue weighted by molar-refractivity contribution is 5.83. The molecular formula is C17H16N4. The molecule has 0 amide bonds. The molecule has 1 aromatic heterocycles. The largest absolute Gasteiger partial charge is 0.399 e. The van der Waals surface area contributed by atoms with Crippen LogP contribution in [0, 0.1) is 11.3 Å². The highest BCUT2D eigenvalue weighted by atomic mass is 14.9. The Balaban J connectivity index is 1.71. The van der Waals surface area contributed by atoms with Crippen LogP contribution >= 0.6 is 0 Å². The van der Waals surface area contributed by atoms with Crippen LogP contribution in [0.3, 0.4) is 0 Å². The molecule has 0 unspecified atom stereocenters. The number of rotatable bonds is 4.